The first-order chi connectivity index (χ1) is 8.08. The van der Waals surface area contributed by atoms with E-state index in [1.54, 1.807) is 0 Å². The fraction of sp³-hybridized carbons (Fsp3) is 0.571. The summed E-state index contributed by atoms with van der Waals surface area (Å²) in [5, 5.41) is 3.58. The molecule has 0 bridgehead atoms. The van der Waals surface area contributed by atoms with Crippen LogP contribution in [0.25, 0.3) is 0 Å². The van der Waals surface area contributed by atoms with Gasteiger partial charge in [0, 0.05) is 15.0 Å². The third kappa shape index (κ3) is 4.72. The van der Waals surface area contributed by atoms with Crippen LogP contribution in [0.3, 0.4) is 0 Å². The smallest absolute Gasteiger partial charge is 0.0334 e. The van der Waals surface area contributed by atoms with Crippen molar-refractivity contribution in [2.45, 2.75) is 39.7 Å². The predicted octanol–water partition coefficient (Wildman–Crippen LogP) is 5.30. The molecular weight excluding hydrogens is 342 g/mol. The molecule has 1 N–H and O–H groups in total. The van der Waals surface area contributed by atoms with Gasteiger partial charge in [-0.2, -0.15) is 0 Å². The minimum atomic E-state index is 0.432. The summed E-state index contributed by atoms with van der Waals surface area (Å²) in [7, 11) is 0. The summed E-state index contributed by atoms with van der Waals surface area (Å²) >= 11 is 7.20. The molecule has 1 rings (SSSR count). The van der Waals surface area contributed by atoms with Crippen molar-refractivity contribution in [3.8, 4) is 0 Å². The van der Waals surface area contributed by atoms with Crippen molar-refractivity contribution in [1.29, 1.82) is 0 Å². The largest absolute Gasteiger partial charge is 0.310 e. The second-order valence-electron chi connectivity index (χ2n) is 4.53. The van der Waals surface area contributed by atoms with Gasteiger partial charge in [0.25, 0.3) is 0 Å². The molecule has 1 nitrogen and oxygen atoms in total. The zero-order valence-electron chi connectivity index (χ0n) is 10.8. The van der Waals surface area contributed by atoms with Crippen molar-refractivity contribution in [2.24, 2.45) is 5.92 Å². The highest BCUT2D eigenvalue weighted by Crippen LogP contribution is 2.31. The molecule has 96 valence electrons. The molecular formula is C14H21Br2N. The van der Waals surface area contributed by atoms with Gasteiger partial charge in [-0.25, -0.2) is 0 Å². The van der Waals surface area contributed by atoms with Crippen LogP contribution >= 0.6 is 31.9 Å². The fourth-order valence-corrected chi connectivity index (χ4v) is 2.82. The van der Waals surface area contributed by atoms with E-state index < -0.39 is 0 Å². The highest BCUT2D eigenvalue weighted by atomic mass is 79.9. The molecule has 0 aliphatic heterocycles. The van der Waals surface area contributed by atoms with Crippen LogP contribution in [0.2, 0.25) is 0 Å². The molecule has 0 aliphatic carbocycles. The molecule has 3 heteroatoms. The summed E-state index contributed by atoms with van der Waals surface area (Å²) in [6, 6.07) is 6.82. The first kappa shape index (κ1) is 15.2. The lowest BCUT2D eigenvalue weighted by Crippen LogP contribution is -2.23. The highest BCUT2D eigenvalue weighted by molar-refractivity contribution is 9.11. The maximum atomic E-state index is 3.65. The fourth-order valence-electron chi connectivity index (χ4n) is 1.92. The topological polar surface area (TPSA) is 12.0 Å². The van der Waals surface area contributed by atoms with E-state index in [0.717, 1.165) is 16.9 Å². The van der Waals surface area contributed by atoms with Crippen molar-refractivity contribution in [3.05, 3.63) is 32.7 Å². The lowest BCUT2D eigenvalue weighted by atomic mass is 9.94. The first-order valence-electron chi connectivity index (χ1n) is 6.26. The van der Waals surface area contributed by atoms with Crippen LogP contribution in [0.15, 0.2) is 27.1 Å². The van der Waals surface area contributed by atoms with Crippen molar-refractivity contribution in [2.75, 3.05) is 6.54 Å². The summed E-state index contributed by atoms with van der Waals surface area (Å²) < 4.78 is 2.33. The minimum Gasteiger partial charge on any atom is -0.310 e. The monoisotopic (exact) mass is 361 g/mol. The molecule has 0 spiro atoms. The maximum Gasteiger partial charge on any atom is 0.0334 e. The van der Waals surface area contributed by atoms with E-state index in [2.05, 4.69) is 76.1 Å². The van der Waals surface area contributed by atoms with Crippen LogP contribution in [0.5, 0.6) is 0 Å². The van der Waals surface area contributed by atoms with Crippen LogP contribution < -0.4 is 5.32 Å². The van der Waals surface area contributed by atoms with E-state index in [4.69, 9.17) is 0 Å². The van der Waals surface area contributed by atoms with Crippen LogP contribution in [0.1, 0.15) is 45.2 Å². The van der Waals surface area contributed by atoms with Gasteiger partial charge in [-0.3, -0.25) is 0 Å². The Morgan fingerprint density at radius 3 is 2.53 bits per heavy atom. The summed E-state index contributed by atoms with van der Waals surface area (Å²) in [4.78, 5) is 0. The summed E-state index contributed by atoms with van der Waals surface area (Å²) in [6.45, 7) is 7.73. The minimum absolute atomic E-state index is 0.432. The molecule has 0 aliphatic rings. The molecule has 1 aromatic rings. The number of benzene rings is 1. The molecule has 0 radical (unpaired) electrons. The first-order valence-corrected chi connectivity index (χ1v) is 7.85. The lowest BCUT2D eigenvalue weighted by molar-refractivity contribution is 0.407. The molecule has 0 fully saturated rings. The van der Waals surface area contributed by atoms with Gasteiger partial charge in [-0.15, -0.1) is 0 Å². The Hall–Kier alpha value is 0.140. The Morgan fingerprint density at radius 2 is 1.94 bits per heavy atom. The van der Waals surface area contributed by atoms with Gasteiger partial charge in [0.15, 0.2) is 0 Å². The average molecular weight is 363 g/mol. The van der Waals surface area contributed by atoms with Crippen LogP contribution in [-0.2, 0) is 0 Å². The van der Waals surface area contributed by atoms with Crippen molar-refractivity contribution >= 4 is 31.9 Å². The Balaban J connectivity index is 2.91. The summed E-state index contributed by atoms with van der Waals surface area (Å²) in [5.74, 6) is 0.741. The molecule has 0 aromatic heterocycles. The van der Waals surface area contributed by atoms with E-state index >= 15 is 0 Å². The number of rotatable bonds is 6. The molecule has 0 saturated carbocycles. The molecule has 1 aromatic carbocycles. The standard InChI is InChI=1S/C14H21Br2N/c1-4-10(3)8-14(17-5-2)12-9-11(15)6-7-13(12)16/h6-7,9-10,14,17H,4-5,8H2,1-3H3. The third-order valence-electron chi connectivity index (χ3n) is 3.12. The quantitative estimate of drug-likeness (QED) is 0.724. The van der Waals surface area contributed by atoms with Gasteiger partial charge >= 0.3 is 0 Å². The zero-order chi connectivity index (χ0) is 12.8. The Kier molecular flexibility index (Phi) is 6.75. The maximum absolute atomic E-state index is 3.65. The third-order valence-corrected chi connectivity index (χ3v) is 4.33. The molecule has 0 saturated heterocycles. The highest BCUT2D eigenvalue weighted by Gasteiger charge is 2.16. The van der Waals surface area contributed by atoms with E-state index in [1.165, 1.54) is 22.9 Å². The second-order valence-corrected chi connectivity index (χ2v) is 6.30. The number of hydrogen-bond donors (Lipinski definition) is 1. The van der Waals surface area contributed by atoms with Gasteiger partial charge in [0.1, 0.15) is 0 Å². The Labute approximate surface area is 122 Å². The number of nitrogens with one attached hydrogen (secondary N) is 1. The van der Waals surface area contributed by atoms with Crippen molar-refractivity contribution in [3.63, 3.8) is 0 Å². The van der Waals surface area contributed by atoms with E-state index in [9.17, 15) is 0 Å². The van der Waals surface area contributed by atoms with E-state index in [1.807, 2.05) is 0 Å². The average Bonchev–Trinajstić information content (AvgIpc) is 2.31. The van der Waals surface area contributed by atoms with Crippen LogP contribution in [0, 0.1) is 5.92 Å². The van der Waals surface area contributed by atoms with Gasteiger partial charge in [0.2, 0.25) is 0 Å². The Bertz CT molecular complexity index is 352. The van der Waals surface area contributed by atoms with Gasteiger partial charge in [-0.1, -0.05) is 59.1 Å². The SMILES string of the molecule is CCNC(CC(C)CC)c1cc(Br)ccc1Br. The van der Waals surface area contributed by atoms with Crippen LogP contribution in [0.4, 0.5) is 0 Å². The predicted molar refractivity (Wildman–Crippen MR) is 82.3 cm³/mol. The molecule has 0 heterocycles. The number of hydrogen-bond acceptors (Lipinski definition) is 1. The van der Waals surface area contributed by atoms with Crippen molar-refractivity contribution < 1.29 is 0 Å². The molecule has 17 heavy (non-hydrogen) atoms. The van der Waals surface area contributed by atoms with Crippen molar-refractivity contribution in [1.82, 2.24) is 5.32 Å². The Morgan fingerprint density at radius 1 is 1.24 bits per heavy atom. The van der Waals surface area contributed by atoms with Crippen LogP contribution in [-0.4, -0.2) is 6.54 Å². The number of halogens is 2. The van der Waals surface area contributed by atoms with E-state index in [0.29, 0.717) is 6.04 Å². The second kappa shape index (κ2) is 7.55. The van der Waals surface area contributed by atoms with E-state index in [-0.39, 0.29) is 0 Å². The van der Waals surface area contributed by atoms with Gasteiger partial charge < -0.3 is 5.32 Å². The lowest BCUT2D eigenvalue weighted by Gasteiger charge is -2.23. The molecule has 2 unspecified atom stereocenters. The van der Waals surface area contributed by atoms with Gasteiger partial charge in [-0.05, 0) is 42.6 Å². The summed E-state index contributed by atoms with van der Waals surface area (Å²) in [6.07, 6.45) is 2.41. The zero-order valence-corrected chi connectivity index (χ0v) is 13.9. The normalized spacial score (nSPS) is 14.6. The molecule has 0 amide bonds. The van der Waals surface area contributed by atoms with Gasteiger partial charge in [0.05, 0.1) is 0 Å². The summed E-state index contributed by atoms with van der Waals surface area (Å²) in [5.41, 5.74) is 1.35. The molecule has 2 atom stereocenters.